The molecule has 0 aliphatic carbocycles. The Morgan fingerprint density at radius 1 is 1.53 bits per heavy atom. The smallest absolute Gasteiger partial charge is 0.141 e. The van der Waals surface area contributed by atoms with Crippen LogP contribution in [0.3, 0.4) is 0 Å². The van der Waals surface area contributed by atoms with E-state index < -0.39 is 0 Å². The minimum atomic E-state index is -0.210. The molecular formula is C13H19NO2S. The summed E-state index contributed by atoms with van der Waals surface area (Å²) in [5, 5.41) is 13.7. The highest BCUT2D eigenvalue weighted by atomic mass is 32.2. The van der Waals surface area contributed by atoms with E-state index in [9.17, 15) is 5.11 Å². The van der Waals surface area contributed by atoms with Crippen LogP contribution in [0.1, 0.15) is 13.3 Å². The van der Waals surface area contributed by atoms with Crippen LogP contribution in [0, 0.1) is 0 Å². The summed E-state index contributed by atoms with van der Waals surface area (Å²) in [7, 11) is 1.66. The molecule has 94 valence electrons. The lowest BCUT2D eigenvalue weighted by molar-refractivity contribution is 0.222. The lowest BCUT2D eigenvalue weighted by atomic mass is 9.97. The molecule has 17 heavy (non-hydrogen) atoms. The van der Waals surface area contributed by atoms with Crippen molar-refractivity contribution in [1.29, 1.82) is 0 Å². The fourth-order valence-corrected chi connectivity index (χ4v) is 3.56. The fourth-order valence-electron chi connectivity index (χ4n) is 2.24. The van der Waals surface area contributed by atoms with Gasteiger partial charge in [0, 0.05) is 11.0 Å². The molecular weight excluding hydrogens is 234 g/mol. The molecule has 0 radical (unpaired) electrons. The molecule has 0 bridgehead atoms. The molecule has 1 aliphatic rings. The van der Waals surface area contributed by atoms with Gasteiger partial charge in [0.1, 0.15) is 5.75 Å². The highest BCUT2D eigenvalue weighted by Gasteiger charge is 2.37. The summed E-state index contributed by atoms with van der Waals surface area (Å²) in [4.78, 5) is 0. The average molecular weight is 253 g/mol. The lowest BCUT2D eigenvalue weighted by Gasteiger charge is -2.29. The van der Waals surface area contributed by atoms with Gasteiger partial charge in [-0.25, -0.2) is 0 Å². The van der Waals surface area contributed by atoms with E-state index in [1.54, 1.807) is 7.11 Å². The SMILES string of the molecule is COc1ccccc1NC1(CO)CSC(C)C1. The second-order valence-electron chi connectivity index (χ2n) is 4.59. The zero-order valence-corrected chi connectivity index (χ0v) is 11.1. The predicted octanol–water partition coefficient (Wildman–Crippen LogP) is 2.36. The number of methoxy groups -OCH3 is 1. The van der Waals surface area contributed by atoms with E-state index >= 15 is 0 Å². The van der Waals surface area contributed by atoms with Crippen molar-refractivity contribution >= 4 is 17.4 Å². The first-order valence-electron chi connectivity index (χ1n) is 5.83. The average Bonchev–Trinajstić information content (AvgIpc) is 2.72. The Balaban J connectivity index is 2.18. The third-order valence-electron chi connectivity index (χ3n) is 3.13. The molecule has 1 aromatic rings. The molecule has 2 atom stereocenters. The lowest BCUT2D eigenvalue weighted by Crippen LogP contribution is -2.42. The molecule has 2 unspecified atom stereocenters. The topological polar surface area (TPSA) is 41.5 Å². The Morgan fingerprint density at radius 2 is 2.29 bits per heavy atom. The van der Waals surface area contributed by atoms with E-state index in [1.165, 1.54) is 0 Å². The van der Waals surface area contributed by atoms with Crippen molar-refractivity contribution in [1.82, 2.24) is 0 Å². The Morgan fingerprint density at radius 3 is 2.88 bits per heavy atom. The van der Waals surface area contributed by atoms with Gasteiger partial charge in [-0.15, -0.1) is 0 Å². The van der Waals surface area contributed by atoms with Gasteiger partial charge in [0.25, 0.3) is 0 Å². The van der Waals surface area contributed by atoms with Gasteiger partial charge in [-0.3, -0.25) is 0 Å². The molecule has 0 spiro atoms. The van der Waals surface area contributed by atoms with Gasteiger partial charge < -0.3 is 15.2 Å². The van der Waals surface area contributed by atoms with Crippen LogP contribution < -0.4 is 10.1 Å². The second-order valence-corrected chi connectivity index (χ2v) is 6.02. The van der Waals surface area contributed by atoms with Crippen molar-refractivity contribution in [3.05, 3.63) is 24.3 Å². The number of thioether (sulfide) groups is 1. The highest BCUT2D eigenvalue weighted by molar-refractivity contribution is 8.00. The normalized spacial score (nSPS) is 28.1. The molecule has 0 aromatic heterocycles. The number of aliphatic hydroxyl groups is 1. The molecule has 3 nitrogen and oxygen atoms in total. The molecule has 4 heteroatoms. The van der Waals surface area contributed by atoms with Crippen molar-refractivity contribution in [2.45, 2.75) is 24.1 Å². The second kappa shape index (κ2) is 5.19. The zero-order chi connectivity index (χ0) is 12.3. The summed E-state index contributed by atoms with van der Waals surface area (Å²) in [6.45, 7) is 2.36. The predicted molar refractivity (Wildman–Crippen MR) is 73.0 cm³/mol. The van der Waals surface area contributed by atoms with Gasteiger partial charge in [0.15, 0.2) is 0 Å². The minimum Gasteiger partial charge on any atom is -0.495 e. The maximum absolute atomic E-state index is 9.64. The van der Waals surface area contributed by atoms with Gasteiger partial charge in [0.05, 0.1) is 24.9 Å². The molecule has 1 aromatic carbocycles. The fraction of sp³-hybridized carbons (Fsp3) is 0.538. The minimum absolute atomic E-state index is 0.155. The van der Waals surface area contributed by atoms with Crippen molar-refractivity contribution in [3.63, 3.8) is 0 Å². The molecule has 0 amide bonds. The molecule has 1 saturated heterocycles. The maximum Gasteiger partial charge on any atom is 0.141 e. The monoisotopic (exact) mass is 253 g/mol. The molecule has 2 rings (SSSR count). The van der Waals surface area contributed by atoms with Crippen molar-refractivity contribution < 1.29 is 9.84 Å². The van der Waals surface area contributed by atoms with Crippen LogP contribution in [0.2, 0.25) is 0 Å². The van der Waals surface area contributed by atoms with E-state index in [4.69, 9.17) is 4.74 Å². The summed E-state index contributed by atoms with van der Waals surface area (Å²) >= 11 is 1.90. The zero-order valence-electron chi connectivity index (χ0n) is 10.3. The van der Waals surface area contributed by atoms with Gasteiger partial charge in [-0.2, -0.15) is 11.8 Å². The number of nitrogens with one attached hydrogen (secondary N) is 1. The summed E-state index contributed by atoms with van der Waals surface area (Å²) < 4.78 is 5.32. The number of hydrogen-bond acceptors (Lipinski definition) is 4. The van der Waals surface area contributed by atoms with Crippen LogP contribution in [-0.4, -0.2) is 35.4 Å². The number of anilines is 1. The number of ether oxygens (including phenoxy) is 1. The van der Waals surface area contributed by atoms with Crippen LogP contribution in [0.4, 0.5) is 5.69 Å². The Hall–Kier alpha value is -0.870. The molecule has 1 aliphatic heterocycles. The Kier molecular flexibility index (Phi) is 3.84. The van der Waals surface area contributed by atoms with Crippen LogP contribution in [0.25, 0.3) is 0 Å². The molecule has 0 saturated carbocycles. The van der Waals surface area contributed by atoms with Crippen LogP contribution in [0.15, 0.2) is 24.3 Å². The Bertz CT molecular complexity index is 385. The van der Waals surface area contributed by atoms with Gasteiger partial charge >= 0.3 is 0 Å². The number of hydrogen-bond donors (Lipinski definition) is 2. The molecule has 1 heterocycles. The quantitative estimate of drug-likeness (QED) is 0.864. The number of para-hydroxylation sites is 2. The summed E-state index contributed by atoms with van der Waals surface area (Å²) in [6, 6.07) is 7.84. The van der Waals surface area contributed by atoms with Crippen molar-refractivity contribution in [2.75, 3.05) is 24.8 Å². The first kappa shape index (κ1) is 12.6. The van der Waals surface area contributed by atoms with Crippen LogP contribution in [0.5, 0.6) is 5.75 Å². The van der Waals surface area contributed by atoms with E-state index in [2.05, 4.69) is 12.2 Å². The van der Waals surface area contributed by atoms with Crippen molar-refractivity contribution in [3.8, 4) is 5.75 Å². The van der Waals surface area contributed by atoms with E-state index in [-0.39, 0.29) is 12.1 Å². The summed E-state index contributed by atoms with van der Waals surface area (Å²) in [5.41, 5.74) is 0.748. The Labute approximate surface area is 107 Å². The first-order valence-corrected chi connectivity index (χ1v) is 6.88. The number of aliphatic hydroxyl groups excluding tert-OH is 1. The van der Waals surface area contributed by atoms with E-state index in [1.807, 2.05) is 36.0 Å². The van der Waals surface area contributed by atoms with Crippen LogP contribution in [-0.2, 0) is 0 Å². The molecule has 2 N–H and O–H groups in total. The summed E-state index contributed by atoms with van der Waals surface area (Å²) in [6.07, 6.45) is 0.978. The van der Waals surface area contributed by atoms with Gasteiger partial charge in [0.2, 0.25) is 0 Å². The highest BCUT2D eigenvalue weighted by Crippen LogP contribution is 2.38. The first-order chi connectivity index (χ1) is 8.19. The number of rotatable bonds is 4. The van der Waals surface area contributed by atoms with Gasteiger partial charge in [-0.05, 0) is 18.6 Å². The largest absolute Gasteiger partial charge is 0.495 e. The number of benzene rings is 1. The third kappa shape index (κ3) is 2.69. The standard InChI is InChI=1S/C13H19NO2S/c1-10-7-13(8-15,9-17-10)14-11-5-3-4-6-12(11)16-2/h3-6,10,14-15H,7-9H2,1-2H3. The maximum atomic E-state index is 9.64. The molecule has 1 fully saturated rings. The summed E-state index contributed by atoms with van der Waals surface area (Å²) in [5.74, 6) is 1.76. The van der Waals surface area contributed by atoms with Crippen molar-refractivity contribution in [2.24, 2.45) is 0 Å². The van der Waals surface area contributed by atoms with E-state index in [0.29, 0.717) is 5.25 Å². The van der Waals surface area contributed by atoms with E-state index in [0.717, 1.165) is 23.6 Å². The van der Waals surface area contributed by atoms with Crippen LogP contribution >= 0.6 is 11.8 Å². The third-order valence-corrected chi connectivity index (χ3v) is 4.59. The van der Waals surface area contributed by atoms with Gasteiger partial charge in [-0.1, -0.05) is 19.1 Å².